The Morgan fingerprint density at radius 3 is 2.00 bits per heavy atom. The van der Waals surface area contributed by atoms with E-state index >= 15 is 0 Å². The van der Waals surface area contributed by atoms with Crippen LogP contribution in [0.25, 0.3) is 0 Å². The molecule has 0 saturated heterocycles. The van der Waals surface area contributed by atoms with E-state index in [2.05, 4.69) is 31.8 Å². The van der Waals surface area contributed by atoms with Crippen LogP contribution in [0.1, 0.15) is 33.6 Å². The summed E-state index contributed by atoms with van der Waals surface area (Å²) in [5.41, 5.74) is 0. The predicted molar refractivity (Wildman–Crippen MR) is 59.7 cm³/mol. The van der Waals surface area contributed by atoms with E-state index in [-0.39, 0.29) is 11.7 Å². The van der Waals surface area contributed by atoms with E-state index in [0.29, 0.717) is 0 Å². The summed E-state index contributed by atoms with van der Waals surface area (Å²) in [6.45, 7) is 5.75. The molecule has 0 radical (unpaired) electrons. The standard InChI is InChI=1S/C5H9NO3S.C4H10/c1-3(5(8)9)6-4(7)2-10;1-3-4-2/h3,10H,2H2,1H3,(H,6,7)(H,8,9);3-4H2,1-2H3. The summed E-state index contributed by atoms with van der Waals surface area (Å²) >= 11 is 3.65. The van der Waals surface area contributed by atoms with Gasteiger partial charge in [0.15, 0.2) is 0 Å². The SMILES string of the molecule is CC(NC(=O)CS)C(=O)O.CCCC. The first-order chi connectivity index (χ1) is 6.49. The molecule has 0 aliphatic rings. The van der Waals surface area contributed by atoms with Crippen LogP contribution in [0.5, 0.6) is 0 Å². The van der Waals surface area contributed by atoms with Gasteiger partial charge in [-0.05, 0) is 6.92 Å². The van der Waals surface area contributed by atoms with E-state index in [1.807, 2.05) is 0 Å². The molecule has 1 atom stereocenters. The molecular weight excluding hydrogens is 202 g/mol. The number of unbranched alkanes of at least 4 members (excludes halogenated alkanes) is 1. The number of aliphatic carboxylic acids is 1. The maximum absolute atomic E-state index is 10.5. The van der Waals surface area contributed by atoms with Crippen LogP contribution < -0.4 is 5.32 Å². The van der Waals surface area contributed by atoms with Crippen molar-refractivity contribution in [3.63, 3.8) is 0 Å². The predicted octanol–water partition coefficient (Wildman–Crippen LogP) is 1.31. The van der Waals surface area contributed by atoms with Crippen LogP contribution in [0.15, 0.2) is 0 Å². The Morgan fingerprint density at radius 2 is 1.79 bits per heavy atom. The van der Waals surface area contributed by atoms with Crippen molar-refractivity contribution < 1.29 is 14.7 Å². The molecule has 14 heavy (non-hydrogen) atoms. The fourth-order valence-electron chi connectivity index (χ4n) is 0.349. The molecule has 0 aliphatic heterocycles. The topological polar surface area (TPSA) is 66.4 Å². The fraction of sp³-hybridized carbons (Fsp3) is 0.778. The smallest absolute Gasteiger partial charge is 0.325 e. The number of amides is 1. The maximum Gasteiger partial charge on any atom is 0.325 e. The number of hydrogen-bond donors (Lipinski definition) is 3. The molecule has 0 saturated carbocycles. The van der Waals surface area contributed by atoms with Crippen LogP contribution in [0.2, 0.25) is 0 Å². The van der Waals surface area contributed by atoms with Gasteiger partial charge >= 0.3 is 5.97 Å². The van der Waals surface area contributed by atoms with Gasteiger partial charge in [0.1, 0.15) is 6.04 Å². The Hall–Kier alpha value is -0.710. The second kappa shape index (κ2) is 10.4. The van der Waals surface area contributed by atoms with Gasteiger partial charge < -0.3 is 10.4 Å². The second-order valence-corrected chi connectivity index (χ2v) is 3.10. The summed E-state index contributed by atoms with van der Waals surface area (Å²) in [5.74, 6) is -1.41. The lowest BCUT2D eigenvalue weighted by molar-refractivity contribution is -0.140. The van der Waals surface area contributed by atoms with E-state index in [0.717, 1.165) is 0 Å². The van der Waals surface area contributed by atoms with Gasteiger partial charge in [0.05, 0.1) is 5.75 Å². The van der Waals surface area contributed by atoms with Crippen LogP contribution in [0.4, 0.5) is 0 Å². The first-order valence-corrected chi connectivity index (χ1v) is 5.25. The number of carbonyl (C=O) groups is 2. The highest BCUT2D eigenvalue weighted by atomic mass is 32.1. The zero-order valence-corrected chi connectivity index (χ0v) is 9.80. The lowest BCUT2D eigenvalue weighted by Gasteiger charge is -2.06. The number of carbonyl (C=O) groups excluding carboxylic acids is 1. The van der Waals surface area contributed by atoms with Gasteiger partial charge in [-0.15, -0.1) is 0 Å². The van der Waals surface area contributed by atoms with Crippen molar-refractivity contribution in [3.05, 3.63) is 0 Å². The van der Waals surface area contributed by atoms with Crippen molar-refractivity contribution in [3.8, 4) is 0 Å². The van der Waals surface area contributed by atoms with Crippen LogP contribution in [-0.4, -0.2) is 28.8 Å². The van der Waals surface area contributed by atoms with E-state index in [4.69, 9.17) is 5.11 Å². The van der Waals surface area contributed by atoms with Gasteiger partial charge in [-0.25, -0.2) is 0 Å². The summed E-state index contributed by atoms with van der Waals surface area (Å²) < 4.78 is 0. The molecule has 0 aromatic carbocycles. The van der Waals surface area contributed by atoms with Crippen molar-refractivity contribution in [2.75, 3.05) is 5.75 Å². The Kier molecular flexibility index (Phi) is 11.7. The molecule has 0 aromatic heterocycles. The van der Waals surface area contributed by atoms with E-state index in [1.54, 1.807) is 0 Å². The molecule has 1 unspecified atom stereocenters. The minimum atomic E-state index is -1.05. The van der Waals surface area contributed by atoms with E-state index < -0.39 is 12.0 Å². The van der Waals surface area contributed by atoms with Crippen molar-refractivity contribution in [1.82, 2.24) is 5.32 Å². The summed E-state index contributed by atoms with van der Waals surface area (Å²) in [6.07, 6.45) is 2.64. The van der Waals surface area contributed by atoms with Gasteiger partial charge in [0.25, 0.3) is 0 Å². The third kappa shape index (κ3) is 11.3. The highest BCUT2D eigenvalue weighted by Crippen LogP contribution is 1.82. The second-order valence-electron chi connectivity index (χ2n) is 2.79. The lowest BCUT2D eigenvalue weighted by Crippen LogP contribution is -2.38. The number of carboxylic acids is 1. The summed E-state index contributed by atoms with van der Waals surface area (Å²) in [5, 5.41) is 10.5. The number of carboxylic acid groups (broad SMARTS) is 1. The molecule has 84 valence electrons. The number of rotatable bonds is 4. The van der Waals surface area contributed by atoms with Crippen LogP contribution in [-0.2, 0) is 9.59 Å². The third-order valence-corrected chi connectivity index (χ3v) is 1.68. The third-order valence-electron chi connectivity index (χ3n) is 1.39. The molecular formula is C9H19NO3S. The number of thiol groups is 1. The first-order valence-electron chi connectivity index (χ1n) is 4.62. The monoisotopic (exact) mass is 221 g/mol. The lowest BCUT2D eigenvalue weighted by atomic mass is 10.3. The number of hydrogen-bond acceptors (Lipinski definition) is 3. The average molecular weight is 221 g/mol. The quantitative estimate of drug-likeness (QED) is 0.627. The Balaban J connectivity index is 0. The van der Waals surface area contributed by atoms with Gasteiger partial charge in [0.2, 0.25) is 5.91 Å². The maximum atomic E-state index is 10.5. The molecule has 0 bridgehead atoms. The molecule has 0 rings (SSSR count). The van der Waals surface area contributed by atoms with Gasteiger partial charge in [-0.3, -0.25) is 9.59 Å². The van der Waals surface area contributed by atoms with Gasteiger partial charge in [0, 0.05) is 0 Å². The van der Waals surface area contributed by atoms with Gasteiger partial charge in [-0.2, -0.15) is 12.6 Å². The molecule has 0 aromatic rings. The van der Waals surface area contributed by atoms with Gasteiger partial charge in [-0.1, -0.05) is 26.7 Å². The Labute approximate surface area is 90.5 Å². The highest BCUT2D eigenvalue weighted by Gasteiger charge is 2.11. The largest absolute Gasteiger partial charge is 0.480 e. The number of nitrogens with one attached hydrogen (secondary N) is 1. The molecule has 0 fully saturated rings. The van der Waals surface area contributed by atoms with Crippen LogP contribution in [0.3, 0.4) is 0 Å². The molecule has 4 nitrogen and oxygen atoms in total. The average Bonchev–Trinajstić information content (AvgIpc) is 2.17. The van der Waals surface area contributed by atoms with E-state index in [9.17, 15) is 9.59 Å². The van der Waals surface area contributed by atoms with Crippen molar-refractivity contribution in [1.29, 1.82) is 0 Å². The molecule has 1 amide bonds. The molecule has 2 N–H and O–H groups in total. The molecule has 0 spiro atoms. The molecule has 0 aliphatic carbocycles. The molecule has 5 heteroatoms. The van der Waals surface area contributed by atoms with Crippen molar-refractivity contribution in [2.24, 2.45) is 0 Å². The Bertz CT molecular complexity index is 171. The normalized spacial score (nSPS) is 10.9. The highest BCUT2D eigenvalue weighted by molar-refractivity contribution is 7.81. The zero-order chi connectivity index (χ0) is 11.6. The summed E-state index contributed by atoms with van der Waals surface area (Å²) in [6, 6.07) is -0.834. The first kappa shape index (κ1) is 15.7. The summed E-state index contributed by atoms with van der Waals surface area (Å²) in [4.78, 5) is 20.6. The van der Waals surface area contributed by atoms with Crippen LogP contribution in [0, 0.1) is 0 Å². The minimum Gasteiger partial charge on any atom is -0.480 e. The van der Waals surface area contributed by atoms with Crippen molar-refractivity contribution >= 4 is 24.5 Å². The summed E-state index contributed by atoms with van der Waals surface area (Å²) in [7, 11) is 0. The van der Waals surface area contributed by atoms with Crippen LogP contribution >= 0.6 is 12.6 Å². The minimum absolute atomic E-state index is 0.0115. The Morgan fingerprint density at radius 1 is 1.36 bits per heavy atom. The van der Waals surface area contributed by atoms with Crippen molar-refractivity contribution in [2.45, 2.75) is 39.7 Å². The van der Waals surface area contributed by atoms with E-state index in [1.165, 1.54) is 19.8 Å². The molecule has 0 heterocycles. The fourth-order valence-corrected chi connectivity index (χ4v) is 0.440. The zero-order valence-electron chi connectivity index (χ0n) is 8.91.